The van der Waals surface area contributed by atoms with Crippen molar-refractivity contribution in [1.29, 1.82) is 0 Å². The van der Waals surface area contributed by atoms with Gasteiger partial charge in [-0.25, -0.2) is 0 Å². The molecule has 2 atom stereocenters. The van der Waals surface area contributed by atoms with Crippen LogP contribution in [0.25, 0.3) is 0 Å². The Morgan fingerprint density at radius 3 is 2.67 bits per heavy atom. The first-order chi connectivity index (χ1) is 9.43. The number of nitrogens with one attached hydrogen (secondary N) is 2. The van der Waals surface area contributed by atoms with Crippen LogP contribution in [0.4, 0.5) is 0 Å². The summed E-state index contributed by atoms with van der Waals surface area (Å²) in [6.07, 6.45) is 0.996. The number of aliphatic imine (C=N–C) groups is 1. The molecule has 1 fully saturated rings. The molecule has 0 aromatic carbocycles. The second-order valence-electron chi connectivity index (χ2n) is 6.12. The van der Waals surface area contributed by atoms with Gasteiger partial charge in [0.2, 0.25) is 0 Å². The summed E-state index contributed by atoms with van der Waals surface area (Å²) in [7, 11) is 3.60. The van der Waals surface area contributed by atoms with Crippen molar-refractivity contribution >= 4 is 41.3 Å². The Bertz CT molecular complexity index is 475. The van der Waals surface area contributed by atoms with Crippen LogP contribution < -0.4 is 10.6 Å². The molecule has 1 heterocycles. The molecule has 0 amide bonds. The zero-order valence-electron chi connectivity index (χ0n) is 13.4. The molecule has 0 aliphatic heterocycles. The van der Waals surface area contributed by atoms with E-state index < -0.39 is 0 Å². The van der Waals surface area contributed by atoms with E-state index in [0.717, 1.165) is 18.9 Å². The summed E-state index contributed by atoms with van der Waals surface area (Å²) in [5.41, 5.74) is 1.31. The van der Waals surface area contributed by atoms with E-state index in [9.17, 15) is 0 Å². The van der Waals surface area contributed by atoms with E-state index in [4.69, 9.17) is 4.74 Å². The quantitative estimate of drug-likeness (QED) is 0.444. The van der Waals surface area contributed by atoms with Crippen molar-refractivity contribution in [3.05, 3.63) is 22.4 Å². The summed E-state index contributed by atoms with van der Waals surface area (Å²) < 4.78 is 5.65. The first kappa shape index (κ1) is 18.7. The van der Waals surface area contributed by atoms with Crippen LogP contribution in [0.15, 0.2) is 21.8 Å². The van der Waals surface area contributed by atoms with E-state index in [1.165, 1.54) is 5.56 Å². The lowest BCUT2D eigenvalue weighted by molar-refractivity contribution is -0.176. The number of halogens is 1. The molecule has 120 valence electrons. The van der Waals surface area contributed by atoms with Crippen molar-refractivity contribution in [2.75, 3.05) is 14.2 Å². The van der Waals surface area contributed by atoms with Gasteiger partial charge in [0.15, 0.2) is 5.96 Å². The highest BCUT2D eigenvalue weighted by Gasteiger charge is 2.57. The fourth-order valence-electron chi connectivity index (χ4n) is 2.66. The zero-order chi connectivity index (χ0) is 14.8. The lowest BCUT2D eigenvalue weighted by Crippen LogP contribution is -2.69. The third kappa shape index (κ3) is 3.71. The first-order valence-corrected chi connectivity index (χ1v) is 7.90. The van der Waals surface area contributed by atoms with Crippen molar-refractivity contribution in [1.82, 2.24) is 10.6 Å². The van der Waals surface area contributed by atoms with Crippen molar-refractivity contribution in [2.45, 2.75) is 45.4 Å². The van der Waals surface area contributed by atoms with Gasteiger partial charge in [-0.15, -0.1) is 24.0 Å². The number of ether oxygens (including phenoxy) is 1. The molecule has 1 aliphatic rings. The minimum Gasteiger partial charge on any atom is -0.378 e. The molecule has 1 aliphatic carbocycles. The Morgan fingerprint density at radius 1 is 1.48 bits per heavy atom. The van der Waals surface area contributed by atoms with Gasteiger partial charge in [-0.05, 0) is 35.7 Å². The molecular formula is C15H26IN3OS. The third-order valence-electron chi connectivity index (χ3n) is 4.85. The maximum Gasteiger partial charge on any atom is 0.191 e. The van der Waals surface area contributed by atoms with Gasteiger partial charge in [-0.2, -0.15) is 11.3 Å². The number of nitrogens with zero attached hydrogens (tertiary/aromatic N) is 1. The van der Waals surface area contributed by atoms with Gasteiger partial charge >= 0.3 is 0 Å². The maximum atomic E-state index is 5.65. The SMILES string of the molecule is CN=C(NCc1ccsc1)NC1CC(C)(OC)C1(C)C.I. The fraction of sp³-hybridized carbons (Fsp3) is 0.667. The summed E-state index contributed by atoms with van der Waals surface area (Å²) in [4.78, 5) is 4.31. The molecular weight excluding hydrogens is 397 g/mol. The summed E-state index contributed by atoms with van der Waals surface area (Å²) in [5.74, 6) is 0.854. The van der Waals surface area contributed by atoms with E-state index in [1.807, 2.05) is 7.05 Å². The average Bonchev–Trinajstić information content (AvgIpc) is 2.95. The standard InChI is InChI=1S/C15H25N3OS.HI/c1-14(2)12(8-15(14,3)19-5)18-13(16-4)17-9-11-6-7-20-10-11;/h6-7,10,12H,8-9H2,1-5H3,(H2,16,17,18);1H. The second-order valence-corrected chi connectivity index (χ2v) is 6.90. The Morgan fingerprint density at radius 2 is 2.19 bits per heavy atom. The predicted molar refractivity (Wildman–Crippen MR) is 101 cm³/mol. The molecule has 2 N–H and O–H groups in total. The van der Waals surface area contributed by atoms with Crippen molar-refractivity contribution in [3.8, 4) is 0 Å². The molecule has 1 aromatic heterocycles. The van der Waals surface area contributed by atoms with Crippen LogP contribution in [0.3, 0.4) is 0 Å². The zero-order valence-corrected chi connectivity index (χ0v) is 16.5. The van der Waals surface area contributed by atoms with Crippen LogP contribution in [-0.2, 0) is 11.3 Å². The highest BCUT2D eigenvalue weighted by atomic mass is 127. The van der Waals surface area contributed by atoms with Crippen LogP contribution in [0, 0.1) is 5.41 Å². The largest absolute Gasteiger partial charge is 0.378 e. The summed E-state index contributed by atoms with van der Waals surface area (Å²) in [6, 6.07) is 2.50. The summed E-state index contributed by atoms with van der Waals surface area (Å²) in [5, 5.41) is 11.1. The average molecular weight is 423 g/mol. The van der Waals surface area contributed by atoms with Crippen molar-refractivity contribution < 1.29 is 4.74 Å². The van der Waals surface area contributed by atoms with E-state index >= 15 is 0 Å². The second kappa shape index (κ2) is 7.28. The van der Waals surface area contributed by atoms with Gasteiger partial charge in [0.1, 0.15) is 0 Å². The van der Waals surface area contributed by atoms with Crippen LogP contribution in [0.2, 0.25) is 0 Å². The van der Waals surface area contributed by atoms with Gasteiger partial charge < -0.3 is 15.4 Å². The van der Waals surface area contributed by atoms with E-state index in [-0.39, 0.29) is 35.0 Å². The van der Waals surface area contributed by atoms with E-state index in [2.05, 4.69) is 53.2 Å². The molecule has 0 bridgehead atoms. The van der Waals surface area contributed by atoms with Crippen LogP contribution in [-0.4, -0.2) is 31.8 Å². The number of thiophene rings is 1. The minimum atomic E-state index is -0.0587. The Kier molecular flexibility index (Phi) is 6.49. The number of methoxy groups -OCH3 is 1. The van der Waals surface area contributed by atoms with Crippen LogP contribution >= 0.6 is 35.3 Å². The van der Waals surface area contributed by atoms with Gasteiger partial charge in [-0.3, -0.25) is 4.99 Å². The topological polar surface area (TPSA) is 45.7 Å². The van der Waals surface area contributed by atoms with Crippen molar-refractivity contribution in [2.24, 2.45) is 10.4 Å². The molecule has 2 rings (SSSR count). The number of rotatable bonds is 4. The molecule has 1 saturated carbocycles. The monoisotopic (exact) mass is 423 g/mol. The van der Waals surface area contributed by atoms with Gasteiger partial charge in [0, 0.05) is 32.2 Å². The highest BCUT2D eigenvalue weighted by molar-refractivity contribution is 14.0. The molecule has 0 spiro atoms. The number of hydrogen-bond acceptors (Lipinski definition) is 3. The number of hydrogen-bond donors (Lipinski definition) is 2. The van der Waals surface area contributed by atoms with E-state index in [1.54, 1.807) is 18.4 Å². The summed E-state index contributed by atoms with van der Waals surface area (Å²) in [6.45, 7) is 7.46. The van der Waals surface area contributed by atoms with Crippen LogP contribution in [0.5, 0.6) is 0 Å². The molecule has 6 heteroatoms. The molecule has 1 aromatic rings. The lowest BCUT2D eigenvalue weighted by Gasteiger charge is -2.59. The fourth-order valence-corrected chi connectivity index (χ4v) is 3.33. The maximum absolute atomic E-state index is 5.65. The molecule has 0 radical (unpaired) electrons. The smallest absolute Gasteiger partial charge is 0.191 e. The van der Waals surface area contributed by atoms with Gasteiger partial charge in [0.05, 0.1) is 5.60 Å². The molecule has 2 unspecified atom stereocenters. The highest BCUT2D eigenvalue weighted by Crippen LogP contribution is 2.51. The number of guanidine groups is 1. The first-order valence-electron chi connectivity index (χ1n) is 6.96. The summed E-state index contributed by atoms with van der Waals surface area (Å²) >= 11 is 1.71. The Labute approximate surface area is 148 Å². The molecule has 4 nitrogen and oxygen atoms in total. The Hall–Kier alpha value is -0.340. The van der Waals surface area contributed by atoms with Crippen LogP contribution in [0.1, 0.15) is 32.8 Å². The van der Waals surface area contributed by atoms with Crippen molar-refractivity contribution in [3.63, 3.8) is 0 Å². The Balaban J connectivity index is 0.00000220. The minimum absolute atomic E-state index is 0. The predicted octanol–water partition coefficient (Wildman–Crippen LogP) is 3.23. The van der Waals surface area contributed by atoms with E-state index in [0.29, 0.717) is 6.04 Å². The molecule has 21 heavy (non-hydrogen) atoms. The van der Waals surface area contributed by atoms with Gasteiger partial charge in [-0.1, -0.05) is 13.8 Å². The normalized spacial score (nSPS) is 27.5. The lowest BCUT2D eigenvalue weighted by atomic mass is 9.56. The van der Waals surface area contributed by atoms with Gasteiger partial charge in [0.25, 0.3) is 0 Å². The molecule has 0 saturated heterocycles. The third-order valence-corrected chi connectivity index (χ3v) is 5.58.